The lowest BCUT2D eigenvalue weighted by Crippen LogP contribution is -2.75. The first-order valence-corrected chi connectivity index (χ1v) is 11.0. The maximum Gasteiger partial charge on any atom is 0.327 e. The molecule has 3 aromatic rings. The van der Waals surface area contributed by atoms with E-state index in [1.165, 1.54) is 16.7 Å². The molecule has 0 unspecified atom stereocenters. The van der Waals surface area contributed by atoms with Gasteiger partial charge in [0.15, 0.2) is 5.76 Å². The molecule has 31 heavy (non-hydrogen) atoms. The van der Waals surface area contributed by atoms with Crippen molar-refractivity contribution in [2.24, 2.45) is 0 Å². The van der Waals surface area contributed by atoms with Gasteiger partial charge in [-0.2, -0.15) is 0 Å². The monoisotopic (exact) mass is 437 g/mol. The fraction of sp³-hybridized carbons (Fsp3) is 0.348. The molecule has 2 aromatic carbocycles. The highest BCUT2D eigenvalue weighted by atomic mass is 32.2. The molecule has 160 valence electrons. The summed E-state index contributed by atoms with van der Waals surface area (Å²) >= 11 is 1.51. The zero-order valence-electron chi connectivity index (χ0n) is 17.7. The second kappa shape index (κ2) is 6.50. The van der Waals surface area contributed by atoms with Crippen LogP contribution in [0.4, 0.5) is 5.69 Å². The van der Waals surface area contributed by atoms with Crippen molar-refractivity contribution in [3.8, 4) is 11.3 Å². The quantitative estimate of drug-likeness (QED) is 0.593. The Morgan fingerprint density at radius 2 is 1.90 bits per heavy atom. The highest BCUT2D eigenvalue weighted by Crippen LogP contribution is 2.56. The highest BCUT2D eigenvalue weighted by molar-refractivity contribution is 8.01. The third-order valence-electron chi connectivity index (χ3n) is 6.27. The Hall–Kier alpha value is -3.00. The first-order valence-electron chi connectivity index (χ1n) is 10.1. The van der Waals surface area contributed by atoms with Gasteiger partial charge in [0.25, 0.3) is 5.91 Å². The molecule has 0 bridgehead atoms. The maximum atomic E-state index is 13.2. The van der Waals surface area contributed by atoms with Crippen LogP contribution < -0.4 is 5.32 Å². The van der Waals surface area contributed by atoms with Gasteiger partial charge in [-0.1, -0.05) is 41.6 Å². The number of carbonyl (C=O) groups excluding carboxylic acids is 1. The van der Waals surface area contributed by atoms with Crippen LogP contribution in [0.3, 0.4) is 0 Å². The molecule has 0 spiro atoms. The molecule has 2 fully saturated rings. The average Bonchev–Trinajstić information content (AvgIpc) is 3.22. The molecule has 0 saturated carbocycles. The van der Waals surface area contributed by atoms with Crippen LogP contribution in [-0.4, -0.2) is 48.7 Å². The molecule has 2 N–H and O–H groups in total. The minimum Gasteiger partial charge on any atom is -0.480 e. The summed E-state index contributed by atoms with van der Waals surface area (Å²) in [6, 6.07) is 13.2. The molecular weight excluding hydrogens is 414 g/mol. The minimum atomic E-state index is -0.978. The molecule has 5 rings (SSSR count). The number of nitrogens with zero attached hydrogens (tertiary/aromatic N) is 2. The van der Waals surface area contributed by atoms with Crippen LogP contribution in [0, 0.1) is 6.92 Å². The standard InChI is InChI=1S/C23H23N3O4S/c1-12-16(17(30-25-12)15-10-9-13-7-5-6-8-14(13)11-15)24-23(4)20(29)26-18(19(27)28)22(2,3)31-21(23)26/h5-11,18,21,24H,1-4H3,(H,27,28)/t18-,21+,23-/m0/s1. The Balaban J connectivity index is 1.51. The number of thioether (sulfide) groups is 1. The topological polar surface area (TPSA) is 95.7 Å². The predicted octanol–water partition coefficient (Wildman–Crippen LogP) is 4.12. The minimum absolute atomic E-state index is 0.229. The first kappa shape index (κ1) is 19.9. The number of β-lactam (4-membered cyclic amide) rings is 1. The largest absolute Gasteiger partial charge is 0.480 e. The second-order valence-corrected chi connectivity index (χ2v) is 10.6. The van der Waals surface area contributed by atoms with Crippen molar-refractivity contribution in [2.75, 3.05) is 5.32 Å². The van der Waals surface area contributed by atoms with Crippen LogP contribution in [0.1, 0.15) is 26.5 Å². The van der Waals surface area contributed by atoms with Crippen molar-refractivity contribution < 1.29 is 19.2 Å². The lowest BCUT2D eigenvalue weighted by atomic mass is 9.85. The molecule has 2 saturated heterocycles. The number of aryl methyl sites for hydroxylation is 1. The number of aliphatic carboxylic acids is 1. The number of carboxylic acid groups (broad SMARTS) is 1. The summed E-state index contributed by atoms with van der Waals surface area (Å²) in [6.45, 7) is 7.38. The molecule has 2 aliphatic rings. The van der Waals surface area contributed by atoms with E-state index in [-0.39, 0.29) is 11.3 Å². The van der Waals surface area contributed by atoms with Gasteiger partial charge in [-0.3, -0.25) is 4.79 Å². The zero-order valence-corrected chi connectivity index (χ0v) is 18.5. The van der Waals surface area contributed by atoms with E-state index in [4.69, 9.17) is 4.52 Å². The van der Waals surface area contributed by atoms with E-state index in [0.29, 0.717) is 17.1 Å². The third kappa shape index (κ3) is 2.77. The number of benzene rings is 2. The van der Waals surface area contributed by atoms with Gasteiger partial charge in [0, 0.05) is 10.3 Å². The number of amides is 1. The molecule has 0 radical (unpaired) electrons. The van der Waals surface area contributed by atoms with E-state index in [0.717, 1.165) is 16.3 Å². The normalized spacial score (nSPS) is 26.6. The molecule has 0 aliphatic carbocycles. The van der Waals surface area contributed by atoms with E-state index in [9.17, 15) is 14.7 Å². The van der Waals surface area contributed by atoms with Gasteiger partial charge in [0.05, 0.1) is 0 Å². The van der Waals surface area contributed by atoms with Gasteiger partial charge in [0.1, 0.15) is 28.3 Å². The number of fused-ring (bicyclic) bond motifs is 2. The summed E-state index contributed by atoms with van der Waals surface area (Å²) in [5, 5.41) is 19.1. The number of carbonyl (C=O) groups is 2. The molecule has 3 atom stereocenters. The van der Waals surface area contributed by atoms with Crippen LogP contribution >= 0.6 is 11.8 Å². The molecule has 7 nitrogen and oxygen atoms in total. The van der Waals surface area contributed by atoms with Crippen LogP contribution in [0.25, 0.3) is 22.1 Å². The third-order valence-corrected chi connectivity index (χ3v) is 8.02. The molecule has 3 heterocycles. The number of anilines is 1. The summed E-state index contributed by atoms with van der Waals surface area (Å²) in [4.78, 5) is 26.5. The summed E-state index contributed by atoms with van der Waals surface area (Å²) in [7, 11) is 0. The Morgan fingerprint density at radius 3 is 2.61 bits per heavy atom. The molecule has 2 aliphatic heterocycles. The van der Waals surface area contributed by atoms with Gasteiger partial charge in [-0.05, 0) is 44.5 Å². The van der Waals surface area contributed by atoms with Crippen molar-refractivity contribution >= 4 is 40.1 Å². The lowest BCUT2D eigenvalue weighted by Gasteiger charge is -2.51. The van der Waals surface area contributed by atoms with Gasteiger partial charge in [-0.25, -0.2) is 4.79 Å². The number of nitrogens with one attached hydrogen (secondary N) is 1. The van der Waals surface area contributed by atoms with Gasteiger partial charge < -0.3 is 19.8 Å². The maximum absolute atomic E-state index is 13.2. The lowest BCUT2D eigenvalue weighted by molar-refractivity contribution is -0.163. The fourth-order valence-electron chi connectivity index (χ4n) is 4.64. The molecule has 8 heteroatoms. The van der Waals surface area contributed by atoms with E-state index >= 15 is 0 Å². The van der Waals surface area contributed by atoms with E-state index in [1.807, 2.05) is 70.2 Å². The molecule has 1 amide bonds. The Labute approximate surface area is 183 Å². The van der Waals surface area contributed by atoms with Gasteiger partial charge in [0.2, 0.25) is 0 Å². The van der Waals surface area contributed by atoms with Crippen LogP contribution in [-0.2, 0) is 9.59 Å². The SMILES string of the molecule is Cc1noc(-c2ccc3ccccc3c2)c1N[C@@]1(C)C(=O)N2[C@@H](C(=O)O)C(C)(C)S[C@@H]21. The number of aromatic nitrogens is 1. The van der Waals surface area contributed by atoms with Crippen molar-refractivity contribution in [1.29, 1.82) is 0 Å². The highest BCUT2D eigenvalue weighted by Gasteiger charge is 2.69. The van der Waals surface area contributed by atoms with Crippen LogP contribution in [0.5, 0.6) is 0 Å². The van der Waals surface area contributed by atoms with Crippen molar-refractivity contribution in [3.63, 3.8) is 0 Å². The van der Waals surface area contributed by atoms with Gasteiger partial charge >= 0.3 is 5.97 Å². The van der Waals surface area contributed by atoms with Crippen molar-refractivity contribution in [2.45, 2.75) is 49.4 Å². The molecular formula is C23H23N3O4S. The predicted molar refractivity (Wildman–Crippen MR) is 120 cm³/mol. The first-order chi connectivity index (χ1) is 14.6. The van der Waals surface area contributed by atoms with Gasteiger partial charge in [-0.15, -0.1) is 11.8 Å². The Kier molecular flexibility index (Phi) is 4.18. The number of hydrogen-bond acceptors (Lipinski definition) is 6. The fourth-order valence-corrected chi connectivity index (χ4v) is 6.29. The Morgan fingerprint density at radius 1 is 1.19 bits per heavy atom. The summed E-state index contributed by atoms with van der Waals surface area (Å²) in [5.41, 5.74) is 1.21. The number of hydrogen-bond donors (Lipinski definition) is 2. The van der Waals surface area contributed by atoms with Crippen molar-refractivity contribution in [3.05, 3.63) is 48.2 Å². The summed E-state index contributed by atoms with van der Waals surface area (Å²) < 4.78 is 5.07. The second-order valence-electron chi connectivity index (χ2n) is 8.89. The number of rotatable bonds is 4. The summed E-state index contributed by atoms with van der Waals surface area (Å²) in [6.07, 6.45) is 0. The summed E-state index contributed by atoms with van der Waals surface area (Å²) in [5.74, 6) is -0.644. The van der Waals surface area contributed by atoms with Crippen molar-refractivity contribution in [1.82, 2.24) is 10.1 Å². The number of carboxylic acids is 1. The van der Waals surface area contributed by atoms with E-state index < -0.39 is 22.3 Å². The Bertz CT molecular complexity index is 1240. The van der Waals surface area contributed by atoms with Crippen LogP contribution in [0.15, 0.2) is 47.0 Å². The average molecular weight is 438 g/mol. The van der Waals surface area contributed by atoms with Crippen LogP contribution in [0.2, 0.25) is 0 Å². The van der Waals surface area contributed by atoms with E-state index in [2.05, 4.69) is 10.5 Å². The van der Waals surface area contributed by atoms with E-state index in [1.54, 1.807) is 0 Å². The zero-order chi connectivity index (χ0) is 22.1. The molecule has 1 aromatic heterocycles. The smallest absolute Gasteiger partial charge is 0.327 e.